The van der Waals surface area contributed by atoms with Gasteiger partial charge in [-0.1, -0.05) is 24.3 Å². The van der Waals surface area contributed by atoms with Crippen molar-refractivity contribution in [3.8, 4) is 0 Å². The maximum atomic E-state index is 11.8. The fourth-order valence-electron chi connectivity index (χ4n) is 2.34. The van der Waals surface area contributed by atoms with Gasteiger partial charge in [0.25, 0.3) is 0 Å². The number of carbonyl (C=O) groups excluding carboxylic acids is 1. The van der Waals surface area contributed by atoms with Crippen molar-refractivity contribution in [2.24, 2.45) is 0 Å². The summed E-state index contributed by atoms with van der Waals surface area (Å²) in [6.45, 7) is 8.36. The minimum Gasteiger partial charge on any atom is -0.459 e. The lowest BCUT2D eigenvalue weighted by atomic mass is 9.77. The average molecular weight is 261 g/mol. The summed E-state index contributed by atoms with van der Waals surface area (Å²) in [5, 5.41) is 3.27. The van der Waals surface area contributed by atoms with Crippen molar-refractivity contribution < 1.29 is 9.53 Å². The molecule has 0 bridgehead atoms. The highest BCUT2D eigenvalue weighted by Gasteiger charge is 2.27. The van der Waals surface area contributed by atoms with Gasteiger partial charge in [-0.15, -0.1) is 0 Å². The van der Waals surface area contributed by atoms with Gasteiger partial charge in [-0.05, 0) is 45.2 Å². The third kappa shape index (κ3) is 3.57. The van der Waals surface area contributed by atoms with E-state index in [1.54, 1.807) is 0 Å². The standard InChI is InChI=1S/C16H23NO2/c1-11(15(18)19-16(2,3)4)17-10-13-9-12-7-5-6-8-14(12)13/h5-8,11,13,17H,9-10H2,1-4H3. The Bertz CT molecular complexity index is 462. The van der Waals surface area contributed by atoms with Gasteiger partial charge in [0.1, 0.15) is 11.6 Å². The van der Waals surface area contributed by atoms with Gasteiger partial charge in [0.15, 0.2) is 0 Å². The Kier molecular flexibility index (Phi) is 3.95. The first-order valence-corrected chi connectivity index (χ1v) is 6.91. The van der Waals surface area contributed by atoms with Gasteiger partial charge >= 0.3 is 5.97 Å². The molecule has 0 saturated heterocycles. The van der Waals surface area contributed by atoms with Crippen LogP contribution < -0.4 is 5.32 Å². The summed E-state index contributed by atoms with van der Waals surface area (Å²) in [4.78, 5) is 11.8. The summed E-state index contributed by atoms with van der Waals surface area (Å²) in [5.74, 6) is 0.348. The molecule has 1 aliphatic rings. The predicted octanol–water partition coefficient (Wildman–Crippen LogP) is 2.65. The Balaban J connectivity index is 1.79. The number of benzene rings is 1. The zero-order valence-corrected chi connectivity index (χ0v) is 12.2. The Morgan fingerprint density at radius 3 is 2.74 bits per heavy atom. The van der Waals surface area contributed by atoms with E-state index >= 15 is 0 Å². The Hall–Kier alpha value is -1.35. The number of nitrogens with one attached hydrogen (secondary N) is 1. The second-order valence-corrected chi connectivity index (χ2v) is 6.26. The highest BCUT2D eigenvalue weighted by Crippen LogP contribution is 2.34. The molecule has 2 atom stereocenters. The van der Waals surface area contributed by atoms with E-state index in [4.69, 9.17) is 4.74 Å². The second kappa shape index (κ2) is 5.33. The van der Waals surface area contributed by atoms with Crippen LogP contribution in [0.25, 0.3) is 0 Å². The lowest BCUT2D eigenvalue weighted by molar-refractivity contribution is -0.156. The molecule has 2 rings (SSSR count). The maximum Gasteiger partial charge on any atom is 0.323 e. The highest BCUT2D eigenvalue weighted by molar-refractivity contribution is 5.75. The van der Waals surface area contributed by atoms with Crippen LogP contribution in [0.15, 0.2) is 24.3 Å². The normalized spacial score (nSPS) is 19.3. The molecule has 0 spiro atoms. The molecule has 0 saturated carbocycles. The van der Waals surface area contributed by atoms with Crippen LogP contribution in [0, 0.1) is 0 Å². The molecule has 104 valence electrons. The summed E-state index contributed by atoms with van der Waals surface area (Å²) in [7, 11) is 0. The smallest absolute Gasteiger partial charge is 0.323 e. The zero-order valence-electron chi connectivity index (χ0n) is 12.2. The van der Waals surface area contributed by atoms with Crippen molar-refractivity contribution in [1.29, 1.82) is 0 Å². The molecule has 2 unspecified atom stereocenters. The summed E-state index contributed by atoms with van der Waals surface area (Å²) in [6, 6.07) is 8.23. The van der Waals surface area contributed by atoms with Gasteiger partial charge in [-0.3, -0.25) is 4.79 Å². The largest absolute Gasteiger partial charge is 0.459 e. The Labute approximate surface area is 115 Å². The molecule has 1 aliphatic carbocycles. The lowest BCUT2D eigenvalue weighted by Gasteiger charge is -2.31. The van der Waals surface area contributed by atoms with Crippen LogP contribution in [-0.2, 0) is 16.0 Å². The van der Waals surface area contributed by atoms with Crippen molar-refractivity contribution in [3.63, 3.8) is 0 Å². The van der Waals surface area contributed by atoms with E-state index in [9.17, 15) is 4.79 Å². The molecule has 3 heteroatoms. The molecule has 19 heavy (non-hydrogen) atoms. The zero-order chi connectivity index (χ0) is 14.0. The topological polar surface area (TPSA) is 38.3 Å². The molecule has 1 aromatic carbocycles. The lowest BCUT2D eigenvalue weighted by Crippen LogP contribution is -2.42. The minimum absolute atomic E-state index is 0.180. The van der Waals surface area contributed by atoms with Crippen molar-refractivity contribution in [2.45, 2.75) is 51.7 Å². The van der Waals surface area contributed by atoms with E-state index in [2.05, 4.69) is 29.6 Å². The molecule has 0 aliphatic heterocycles. The number of hydrogen-bond donors (Lipinski definition) is 1. The first kappa shape index (κ1) is 14.1. The van der Waals surface area contributed by atoms with Crippen LogP contribution >= 0.6 is 0 Å². The van der Waals surface area contributed by atoms with E-state index in [0.717, 1.165) is 13.0 Å². The third-order valence-corrected chi connectivity index (χ3v) is 3.39. The molecule has 1 aromatic rings. The van der Waals surface area contributed by atoms with Crippen molar-refractivity contribution >= 4 is 5.97 Å². The molecule has 1 N–H and O–H groups in total. The van der Waals surface area contributed by atoms with Crippen LogP contribution in [0.3, 0.4) is 0 Å². The second-order valence-electron chi connectivity index (χ2n) is 6.26. The van der Waals surface area contributed by atoms with Crippen molar-refractivity contribution in [3.05, 3.63) is 35.4 Å². The highest BCUT2D eigenvalue weighted by atomic mass is 16.6. The van der Waals surface area contributed by atoms with Crippen LogP contribution in [0.4, 0.5) is 0 Å². The van der Waals surface area contributed by atoms with E-state index < -0.39 is 5.60 Å². The summed E-state index contributed by atoms with van der Waals surface area (Å²) >= 11 is 0. The van der Waals surface area contributed by atoms with Crippen LogP contribution in [-0.4, -0.2) is 24.2 Å². The van der Waals surface area contributed by atoms with E-state index in [0.29, 0.717) is 5.92 Å². The quantitative estimate of drug-likeness (QED) is 0.847. The molecule has 0 heterocycles. The Morgan fingerprint density at radius 1 is 1.42 bits per heavy atom. The summed E-state index contributed by atoms with van der Waals surface area (Å²) < 4.78 is 5.35. The van der Waals surface area contributed by atoms with E-state index in [-0.39, 0.29) is 12.0 Å². The number of esters is 1. The van der Waals surface area contributed by atoms with Crippen LogP contribution in [0.5, 0.6) is 0 Å². The monoisotopic (exact) mass is 261 g/mol. The van der Waals surface area contributed by atoms with Gasteiger partial charge in [0, 0.05) is 12.5 Å². The maximum absolute atomic E-state index is 11.8. The molecule has 0 fully saturated rings. The molecular weight excluding hydrogens is 238 g/mol. The SMILES string of the molecule is CC(NCC1Cc2ccccc21)C(=O)OC(C)(C)C. The van der Waals surface area contributed by atoms with Gasteiger partial charge < -0.3 is 10.1 Å². The number of rotatable bonds is 4. The first-order chi connectivity index (χ1) is 8.87. The van der Waals surface area contributed by atoms with Gasteiger partial charge in [0.2, 0.25) is 0 Å². The number of fused-ring (bicyclic) bond motifs is 1. The number of carbonyl (C=O) groups is 1. The van der Waals surface area contributed by atoms with Crippen LogP contribution in [0.1, 0.15) is 44.7 Å². The molecule has 0 aromatic heterocycles. The molecule has 0 radical (unpaired) electrons. The van der Waals surface area contributed by atoms with Gasteiger partial charge in [-0.25, -0.2) is 0 Å². The van der Waals surface area contributed by atoms with Gasteiger partial charge in [0.05, 0.1) is 0 Å². The predicted molar refractivity (Wildman–Crippen MR) is 76.2 cm³/mol. The van der Waals surface area contributed by atoms with Crippen molar-refractivity contribution in [2.75, 3.05) is 6.54 Å². The Morgan fingerprint density at radius 2 is 2.11 bits per heavy atom. The third-order valence-electron chi connectivity index (χ3n) is 3.39. The summed E-state index contributed by atoms with van der Waals surface area (Å²) in [5.41, 5.74) is 2.42. The van der Waals surface area contributed by atoms with E-state index in [1.165, 1.54) is 11.1 Å². The minimum atomic E-state index is -0.421. The van der Waals surface area contributed by atoms with E-state index in [1.807, 2.05) is 27.7 Å². The number of hydrogen-bond acceptors (Lipinski definition) is 3. The molecular formula is C16H23NO2. The fraction of sp³-hybridized carbons (Fsp3) is 0.562. The first-order valence-electron chi connectivity index (χ1n) is 6.91. The molecule has 3 nitrogen and oxygen atoms in total. The average Bonchev–Trinajstić information content (AvgIpc) is 2.27. The van der Waals surface area contributed by atoms with Crippen LogP contribution in [0.2, 0.25) is 0 Å². The fourth-order valence-corrected chi connectivity index (χ4v) is 2.34. The van der Waals surface area contributed by atoms with Crippen molar-refractivity contribution in [1.82, 2.24) is 5.32 Å². The number of ether oxygens (including phenoxy) is 1. The molecule has 0 amide bonds. The summed E-state index contributed by atoms with van der Waals surface area (Å²) in [6.07, 6.45) is 1.10. The van der Waals surface area contributed by atoms with Gasteiger partial charge in [-0.2, -0.15) is 0 Å².